The van der Waals surface area contributed by atoms with E-state index in [-0.39, 0.29) is 0 Å². The zero-order valence-corrected chi connectivity index (χ0v) is 25.6. The molecule has 9 aliphatic carbocycles. The summed E-state index contributed by atoms with van der Waals surface area (Å²) in [7, 11) is 0. The summed E-state index contributed by atoms with van der Waals surface area (Å²) in [4.78, 5) is 0. The molecule has 6 bridgehead atoms. The Balaban J connectivity index is 0.987. The first kappa shape index (κ1) is 24.7. The van der Waals surface area contributed by atoms with E-state index in [9.17, 15) is 5.11 Å². The summed E-state index contributed by atoms with van der Waals surface area (Å²) in [5, 5.41) is 10.4. The fourth-order valence-electron chi connectivity index (χ4n) is 15.4. The van der Waals surface area contributed by atoms with Crippen molar-refractivity contribution in [3.8, 4) is 5.75 Å². The summed E-state index contributed by atoms with van der Waals surface area (Å²) in [6.07, 6.45) is 22.1. The monoisotopic (exact) mass is 546 g/mol. The van der Waals surface area contributed by atoms with Crippen molar-refractivity contribution >= 4 is 5.57 Å². The Bertz CT molecular complexity index is 1370. The van der Waals surface area contributed by atoms with E-state index < -0.39 is 0 Å². The van der Waals surface area contributed by atoms with Crippen molar-refractivity contribution in [3.05, 3.63) is 59.2 Å². The lowest BCUT2D eigenvalue weighted by molar-refractivity contribution is 0.0363. The second-order valence-corrected chi connectivity index (χ2v) is 17.1. The Morgan fingerprint density at radius 1 is 0.634 bits per heavy atom. The Hall–Kier alpha value is -1.76. The van der Waals surface area contributed by atoms with Crippen LogP contribution in [0.4, 0.5) is 0 Å². The molecule has 216 valence electrons. The topological polar surface area (TPSA) is 20.2 Å². The first-order valence-corrected chi connectivity index (χ1v) is 17.8. The third kappa shape index (κ3) is 2.96. The highest BCUT2D eigenvalue weighted by atomic mass is 16.3. The van der Waals surface area contributed by atoms with Gasteiger partial charge in [-0.25, -0.2) is 0 Å². The fourth-order valence-corrected chi connectivity index (χ4v) is 15.4. The zero-order valence-electron chi connectivity index (χ0n) is 25.6. The van der Waals surface area contributed by atoms with E-state index in [1.54, 1.807) is 18.4 Å². The Labute approximate surface area is 248 Å². The zero-order chi connectivity index (χ0) is 27.5. The highest BCUT2D eigenvalue weighted by Gasteiger charge is 2.69. The summed E-state index contributed by atoms with van der Waals surface area (Å²) in [5.41, 5.74) is 5.13. The van der Waals surface area contributed by atoms with Gasteiger partial charge in [-0.3, -0.25) is 0 Å². The SMILES string of the molecule is Cc1cc(C2=CC3CC2C2CC(C)C(C4C5CC(C6C(C)C7CC6C6CC=CC76)C4C4C=CCC45)C32)cc(C)c1O. The maximum Gasteiger partial charge on any atom is 0.121 e. The number of hydrogen-bond donors (Lipinski definition) is 1. The van der Waals surface area contributed by atoms with Gasteiger partial charge in [0.05, 0.1) is 0 Å². The van der Waals surface area contributed by atoms with Crippen LogP contribution in [0.25, 0.3) is 5.57 Å². The normalized spacial score (nSPS) is 56.2. The summed E-state index contributed by atoms with van der Waals surface area (Å²) in [5.74, 6) is 17.6. The molecule has 1 aromatic carbocycles. The van der Waals surface area contributed by atoms with Crippen LogP contribution in [0.15, 0.2) is 42.5 Å². The number of fused-ring (bicyclic) bond motifs is 15. The fraction of sp³-hybridized carbons (Fsp3) is 0.700. The predicted octanol–water partition coefficient (Wildman–Crippen LogP) is 9.10. The van der Waals surface area contributed by atoms with Gasteiger partial charge < -0.3 is 5.11 Å². The maximum absolute atomic E-state index is 10.4. The van der Waals surface area contributed by atoms with Crippen LogP contribution in [-0.4, -0.2) is 5.11 Å². The third-order valence-electron chi connectivity index (χ3n) is 16.2. The van der Waals surface area contributed by atoms with Crippen molar-refractivity contribution in [2.45, 2.75) is 66.2 Å². The van der Waals surface area contributed by atoms with E-state index in [1.165, 1.54) is 31.2 Å². The molecule has 0 amide bonds. The molecule has 0 saturated heterocycles. The van der Waals surface area contributed by atoms with Crippen LogP contribution in [0, 0.1) is 120 Å². The smallest absolute Gasteiger partial charge is 0.121 e. The highest BCUT2D eigenvalue weighted by molar-refractivity contribution is 5.73. The number of benzene rings is 1. The van der Waals surface area contributed by atoms with Gasteiger partial charge in [-0.2, -0.15) is 0 Å². The van der Waals surface area contributed by atoms with E-state index in [4.69, 9.17) is 0 Å². The van der Waals surface area contributed by atoms with Crippen molar-refractivity contribution < 1.29 is 5.11 Å². The van der Waals surface area contributed by atoms with Crippen LogP contribution in [0.3, 0.4) is 0 Å². The van der Waals surface area contributed by atoms with Crippen LogP contribution < -0.4 is 0 Å². The van der Waals surface area contributed by atoms with Crippen LogP contribution in [0.2, 0.25) is 0 Å². The Morgan fingerprint density at radius 2 is 1.32 bits per heavy atom. The van der Waals surface area contributed by atoms with Gasteiger partial charge in [0.1, 0.15) is 5.75 Å². The van der Waals surface area contributed by atoms with Gasteiger partial charge in [-0.15, -0.1) is 0 Å². The largest absolute Gasteiger partial charge is 0.507 e. The molecule has 0 radical (unpaired) electrons. The van der Waals surface area contributed by atoms with E-state index in [0.29, 0.717) is 5.75 Å². The van der Waals surface area contributed by atoms with E-state index in [1.807, 2.05) is 0 Å². The lowest BCUT2D eigenvalue weighted by Gasteiger charge is -2.45. The molecule has 6 fully saturated rings. The second kappa shape index (κ2) is 8.24. The minimum absolute atomic E-state index is 0.486. The molecule has 1 heteroatoms. The van der Waals surface area contributed by atoms with E-state index in [2.05, 4.69) is 70.2 Å². The number of aromatic hydroxyl groups is 1. The van der Waals surface area contributed by atoms with Gasteiger partial charge >= 0.3 is 0 Å². The number of aryl methyl sites for hydroxylation is 2. The molecule has 10 rings (SSSR count). The molecule has 18 unspecified atom stereocenters. The lowest BCUT2D eigenvalue weighted by atomic mass is 9.60. The molecule has 41 heavy (non-hydrogen) atoms. The number of phenols is 1. The minimum atomic E-state index is 0.486. The predicted molar refractivity (Wildman–Crippen MR) is 166 cm³/mol. The second-order valence-electron chi connectivity index (χ2n) is 17.1. The molecular weight excluding hydrogens is 496 g/mol. The van der Waals surface area contributed by atoms with Crippen LogP contribution >= 0.6 is 0 Å². The summed E-state index contributed by atoms with van der Waals surface area (Å²) in [6, 6.07) is 4.55. The highest BCUT2D eigenvalue weighted by Crippen LogP contribution is 2.75. The molecule has 1 aromatic rings. The molecule has 1 nitrogen and oxygen atoms in total. The molecule has 1 N–H and O–H groups in total. The molecule has 0 aliphatic heterocycles. The number of hydrogen-bond acceptors (Lipinski definition) is 1. The van der Waals surface area contributed by atoms with Crippen LogP contribution in [0.5, 0.6) is 5.75 Å². The first-order chi connectivity index (χ1) is 19.9. The number of rotatable bonds is 3. The molecule has 0 heterocycles. The quantitative estimate of drug-likeness (QED) is 0.375. The number of phenolic OH excluding ortho intramolecular Hbond substituents is 1. The van der Waals surface area contributed by atoms with Gasteiger partial charge in [-0.1, -0.05) is 44.2 Å². The van der Waals surface area contributed by atoms with E-state index >= 15 is 0 Å². The minimum Gasteiger partial charge on any atom is -0.507 e. The van der Waals surface area contributed by atoms with Crippen molar-refractivity contribution in [2.24, 2.45) is 107 Å². The van der Waals surface area contributed by atoms with Gasteiger partial charge in [0, 0.05) is 0 Å². The van der Waals surface area contributed by atoms with Gasteiger partial charge in [0.15, 0.2) is 0 Å². The summed E-state index contributed by atoms with van der Waals surface area (Å²) < 4.78 is 0. The first-order valence-electron chi connectivity index (χ1n) is 17.8. The Morgan fingerprint density at radius 3 is 2.10 bits per heavy atom. The molecule has 6 saturated carbocycles. The standard InChI is InChI=1S/C40H50O/c1-18-13-31-30-15-23(14-29(30)22-11-19(2)40(41)20(3)12-22)37(31)35(18)39-33-17-34(38(39)27-10-6-9-26(27)33)36-21(4)28-16-32(36)25-8-5-7-24(25)28/h5-7,10-12,14,18,21,23-28,30-39,41H,8-9,13,15-17H2,1-4H3. The molecule has 0 aromatic heterocycles. The molecule has 18 atom stereocenters. The molecular formula is C40H50O. The van der Waals surface area contributed by atoms with Crippen LogP contribution in [0.1, 0.15) is 69.1 Å². The Kier molecular flexibility index (Phi) is 4.95. The maximum atomic E-state index is 10.4. The molecule has 0 spiro atoms. The van der Waals surface area contributed by atoms with Gasteiger partial charge in [0.25, 0.3) is 0 Å². The lowest BCUT2D eigenvalue weighted by Crippen LogP contribution is -2.40. The van der Waals surface area contributed by atoms with Crippen LogP contribution in [-0.2, 0) is 0 Å². The van der Waals surface area contributed by atoms with Crippen molar-refractivity contribution in [1.82, 2.24) is 0 Å². The van der Waals surface area contributed by atoms with E-state index in [0.717, 1.165) is 118 Å². The van der Waals surface area contributed by atoms with Gasteiger partial charge in [-0.05, 0) is 193 Å². The average molecular weight is 547 g/mol. The van der Waals surface area contributed by atoms with Crippen molar-refractivity contribution in [2.75, 3.05) is 0 Å². The van der Waals surface area contributed by atoms with Crippen molar-refractivity contribution in [1.29, 1.82) is 0 Å². The average Bonchev–Trinajstić information content (AvgIpc) is 3.78. The summed E-state index contributed by atoms with van der Waals surface area (Å²) >= 11 is 0. The summed E-state index contributed by atoms with van der Waals surface area (Å²) in [6.45, 7) is 9.54. The third-order valence-corrected chi connectivity index (χ3v) is 16.2. The number of allylic oxidation sites excluding steroid dienone is 6. The molecule has 9 aliphatic rings. The van der Waals surface area contributed by atoms with Gasteiger partial charge in [0.2, 0.25) is 0 Å². The van der Waals surface area contributed by atoms with Crippen molar-refractivity contribution in [3.63, 3.8) is 0 Å².